The molecule has 0 atom stereocenters. The van der Waals surface area contributed by atoms with Crippen LogP contribution in [-0.2, 0) is 4.79 Å². The minimum Gasteiger partial charge on any atom is -0.365 e. The van der Waals surface area contributed by atoms with Crippen molar-refractivity contribution >= 4 is 23.2 Å². The first-order valence-electron chi connectivity index (χ1n) is 8.68. The van der Waals surface area contributed by atoms with Crippen molar-refractivity contribution in [2.75, 3.05) is 37.6 Å². The third-order valence-corrected chi connectivity index (χ3v) is 4.82. The first-order valence-corrected chi connectivity index (χ1v) is 9.05. The molecule has 3 rings (SSSR count). The number of hydrogen-bond donors (Lipinski definition) is 1. The zero-order valence-electron chi connectivity index (χ0n) is 14.5. The number of aromatic nitrogens is 2. The molecule has 8 heteroatoms. The maximum atomic E-state index is 12.6. The van der Waals surface area contributed by atoms with Gasteiger partial charge < -0.3 is 15.5 Å². The summed E-state index contributed by atoms with van der Waals surface area (Å²) in [5.41, 5.74) is 6.38. The van der Waals surface area contributed by atoms with Gasteiger partial charge >= 0.3 is 0 Å². The molecule has 2 N–H and O–H groups in total. The average Bonchev–Trinajstić information content (AvgIpc) is 2.69. The molecule has 7 nitrogen and oxygen atoms in total. The molecule has 0 aliphatic carbocycles. The van der Waals surface area contributed by atoms with Crippen molar-refractivity contribution in [3.05, 3.63) is 51.9 Å². The summed E-state index contributed by atoms with van der Waals surface area (Å²) >= 11 is 6.34. The van der Waals surface area contributed by atoms with E-state index in [1.165, 1.54) is 4.68 Å². The molecule has 26 heavy (non-hydrogen) atoms. The Balaban J connectivity index is 1.72. The summed E-state index contributed by atoms with van der Waals surface area (Å²) in [5.74, 6) is 0.124. The van der Waals surface area contributed by atoms with Crippen LogP contribution in [0.1, 0.15) is 12.8 Å². The van der Waals surface area contributed by atoms with E-state index in [2.05, 4.69) is 5.10 Å². The van der Waals surface area contributed by atoms with Gasteiger partial charge in [-0.2, -0.15) is 9.78 Å². The second kappa shape index (κ2) is 8.33. The highest BCUT2D eigenvalue weighted by Crippen LogP contribution is 2.23. The minimum atomic E-state index is -0.350. The molecule has 0 spiro atoms. The van der Waals surface area contributed by atoms with Crippen molar-refractivity contribution in [1.29, 1.82) is 0 Å². The normalized spacial score (nSPS) is 14.5. The number of amides is 1. The lowest BCUT2D eigenvalue weighted by Gasteiger charge is -2.36. The third-order valence-electron chi connectivity index (χ3n) is 4.47. The number of nitrogens with zero attached hydrogens (tertiary/aromatic N) is 4. The summed E-state index contributed by atoms with van der Waals surface area (Å²) in [6.07, 6.45) is 2.79. The van der Waals surface area contributed by atoms with E-state index < -0.39 is 0 Å². The van der Waals surface area contributed by atoms with E-state index in [1.54, 1.807) is 18.3 Å². The summed E-state index contributed by atoms with van der Waals surface area (Å²) in [6, 6.07) is 9.16. The van der Waals surface area contributed by atoms with Crippen LogP contribution < -0.4 is 16.2 Å². The molecule has 1 aliphatic rings. The van der Waals surface area contributed by atoms with Crippen molar-refractivity contribution in [2.24, 2.45) is 5.73 Å². The number of benzene rings is 1. The Morgan fingerprint density at radius 1 is 1.15 bits per heavy atom. The zero-order chi connectivity index (χ0) is 18.5. The predicted octanol–water partition coefficient (Wildman–Crippen LogP) is 1.27. The van der Waals surface area contributed by atoms with Gasteiger partial charge in [-0.1, -0.05) is 29.8 Å². The second-order valence-electron chi connectivity index (χ2n) is 6.16. The quantitative estimate of drug-likeness (QED) is 0.850. The largest absolute Gasteiger partial charge is 0.365 e. The van der Waals surface area contributed by atoms with E-state index >= 15 is 0 Å². The van der Waals surface area contributed by atoms with Crippen LogP contribution in [0.3, 0.4) is 0 Å². The zero-order valence-corrected chi connectivity index (χ0v) is 15.2. The number of halogens is 1. The fourth-order valence-electron chi connectivity index (χ4n) is 3.01. The Morgan fingerprint density at radius 3 is 2.50 bits per heavy atom. The van der Waals surface area contributed by atoms with Crippen molar-refractivity contribution in [2.45, 2.75) is 12.8 Å². The van der Waals surface area contributed by atoms with Crippen molar-refractivity contribution < 1.29 is 4.79 Å². The molecule has 138 valence electrons. The van der Waals surface area contributed by atoms with Crippen molar-refractivity contribution in [1.82, 2.24) is 14.7 Å². The fraction of sp³-hybridized carbons (Fsp3) is 0.389. The van der Waals surface area contributed by atoms with Crippen LogP contribution in [0.25, 0.3) is 5.69 Å². The number of nitrogens with two attached hydrogens (primary N) is 1. The maximum absolute atomic E-state index is 12.6. The molecule has 2 aromatic rings. The highest BCUT2D eigenvalue weighted by Gasteiger charge is 2.23. The molecule has 2 heterocycles. The van der Waals surface area contributed by atoms with Crippen LogP contribution in [0.4, 0.5) is 5.69 Å². The van der Waals surface area contributed by atoms with E-state index in [4.69, 9.17) is 17.3 Å². The second-order valence-corrected chi connectivity index (χ2v) is 6.53. The van der Waals surface area contributed by atoms with E-state index in [0.29, 0.717) is 56.9 Å². The molecule has 1 aromatic heterocycles. The van der Waals surface area contributed by atoms with Gasteiger partial charge in [-0.25, -0.2) is 0 Å². The predicted molar refractivity (Wildman–Crippen MR) is 102 cm³/mol. The van der Waals surface area contributed by atoms with Gasteiger partial charge in [0.25, 0.3) is 5.56 Å². The Kier molecular flexibility index (Phi) is 5.90. The summed E-state index contributed by atoms with van der Waals surface area (Å²) in [7, 11) is 0. The van der Waals surface area contributed by atoms with Crippen LogP contribution >= 0.6 is 11.6 Å². The molecule has 0 saturated carbocycles. The standard InChI is InChI=1S/C18H22ClN5O2/c19-17-15(13-21-24(18(17)26)14-5-2-1-3-6-14)22-9-11-23(12-10-22)16(25)7-4-8-20/h1-3,5-6,13H,4,7-12,20H2. The highest BCUT2D eigenvalue weighted by atomic mass is 35.5. The van der Waals surface area contributed by atoms with Crippen LogP contribution in [-0.4, -0.2) is 53.3 Å². The minimum absolute atomic E-state index is 0.124. The van der Waals surface area contributed by atoms with E-state index in [0.717, 1.165) is 0 Å². The lowest BCUT2D eigenvalue weighted by Crippen LogP contribution is -2.49. The van der Waals surface area contributed by atoms with E-state index in [9.17, 15) is 9.59 Å². The van der Waals surface area contributed by atoms with Crippen molar-refractivity contribution in [3.8, 4) is 5.69 Å². The van der Waals surface area contributed by atoms with Crippen LogP contribution in [0.2, 0.25) is 5.02 Å². The average molecular weight is 376 g/mol. The summed E-state index contributed by atoms with van der Waals surface area (Å²) in [4.78, 5) is 28.5. The summed E-state index contributed by atoms with van der Waals surface area (Å²) in [6.45, 7) is 2.95. The number of piperazine rings is 1. The lowest BCUT2D eigenvalue weighted by molar-refractivity contribution is -0.131. The molecule has 1 amide bonds. The van der Waals surface area contributed by atoms with Crippen LogP contribution in [0.15, 0.2) is 41.3 Å². The molecule has 1 aromatic carbocycles. The van der Waals surface area contributed by atoms with Gasteiger partial charge in [0.1, 0.15) is 5.02 Å². The Labute approximate surface area is 157 Å². The SMILES string of the molecule is NCCCC(=O)N1CCN(c2cnn(-c3ccccc3)c(=O)c2Cl)CC1. The molecule has 1 aliphatic heterocycles. The monoisotopic (exact) mass is 375 g/mol. The third kappa shape index (κ3) is 3.89. The number of anilines is 1. The number of hydrogen-bond acceptors (Lipinski definition) is 5. The molecular formula is C18H22ClN5O2. The van der Waals surface area contributed by atoms with Crippen LogP contribution in [0.5, 0.6) is 0 Å². The number of carbonyl (C=O) groups is 1. The Bertz CT molecular complexity index is 816. The molecule has 1 fully saturated rings. The summed E-state index contributed by atoms with van der Waals surface area (Å²) < 4.78 is 1.29. The molecule has 1 saturated heterocycles. The maximum Gasteiger partial charge on any atom is 0.292 e. The van der Waals surface area contributed by atoms with Crippen LogP contribution in [0, 0.1) is 0 Å². The van der Waals surface area contributed by atoms with Gasteiger partial charge in [-0.05, 0) is 25.1 Å². The molecule has 0 bridgehead atoms. The molecule has 0 unspecified atom stereocenters. The molecule has 0 radical (unpaired) electrons. The first kappa shape index (κ1) is 18.4. The van der Waals surface area contributed by atoms with Gasteiger partial charge in [0.2, 0.25) is 5.91 Å². The summed E-state index contributed by atoms with van der Waals surface area (Å²) in [5, 5.41) is 4.41. The van der Waals surface area contributed by atoms with Gasteiger partial charge in [-0.15, -0.1) is 0 Å². The smallest absolute Gasteiger partial charge is 0.292 e. The lowest BCUT2D eigenvalue weighted by atomic mass is 10.2. The van der Waals surface area contributed by atoms with Gasteiger partial charge in [0.15, 0.2) is 0 Å². The van der Waals surface area contributed by atoms with Crippen molar-refractivity contribution in [3.63, 3.8) is 0 Å². The Morgan fingerprint density at radius 2 is 1.85 bits per heavy atom. The van der Waals surface area contributed by atoms with Gasteiger partial charge in [-0.3, -0.25) is 9.59 Å². The fourth-order valence-corrected chi connectivity index (χ4v) is 3.25. The van der Waals surface area contributed by atoms with Gasteiger partial charge in [0.05, 0.1) is 17.6 Å². The van der Waals surface area contributed by atoms with E-state index in [-0.39, 0.29) is 16.5 Å². The Hall–Kier alpha value is -2.38. The number of para-hydroxylation sites is 1. The highest BCUT2D eigenvalue weighted by molar-refractivity contribution is 6.33. The van der Waals surface area contributed by atoms with Gasteiger partial charge in [0, 0.05) is 32.6 Å². The first-order chi connectivity index (χ1) is 12.6. The number of carbonyl (C=O) groups excluding carboxylic acids is 1. The topological polar surface area (TPSA) is 84.5 Å². The number of rotatable bonds is 5. The molecular weight excluding hydrogens is 354 g/mol. The van der Waals surface area contributed by atoms with E-state index in [1.807, 2.05) is 28.0 Å².